The highest BCUT2D eigenvalue weighted by Gasteiger charge is 2.37. The van der Waals surface area contributed by atoms with Gasteiger partial charge in [-0.3, -0.25) is 4.79 Å². The summed E-state index contributed by atoms with van der Waals surface area (Å²) in [4.78, 5) is 22.8. The van der Waals surface area contributed by atoms with Crippen molar-refractivity contribution in [2.75, 3.05) is 7.11 Å². The van der Waals surface area contributed by atoms with Crippen LogP contribution >= 0.6 is 0 Å². The van der Waals surface area contributed by atoms with Crippen molar-refractivity contribution in [2.45, 2.75) is 13.0 Å². The van der Waals surface area contributed by atoms with Crippen LogP contribution in [0.25, 0.3) is 0 Å². The monoisotopic (exact) mass is 248 g/mol. The zero-order valence-corrected chi connectivity index (χ0v) is 9.97. The number of ether oxygens (including phenoxy) is 2. The first kappa shape index (κ1) is 12.2. The molecule has 94 valence electrons. The van der Waals surface area contributed by atoms with Crippen LogP contribution in [0.5, 0.6) is 5.75 Å². The molecule has 0 saturated carbocycles. The Morgan fingerprint density at radius 1 is 1.44 bits per heavy atom. The molecule has 0 aromatic heterocycles. The van der Waals surface area contributed by atoms with Crippen LogP contribution in [0.2, 0.25) is 0 Å². The average Bonchev–Trinajstić information content (AvgIpc) is 2.66. The van der Waals surface area contributed by atoms with Crippen molar-refractivity contribution in [1.82, 2.24) is 0 Å². The van der Waals surface area contributed by atoms with Gasteiger partial charge in [0.25, 0.3) is 0 Å². The van der Waals surface area contributed by atoms with E-state index in [1.54, 1.807) is 24.3 Å². The number of esters is 1. The smallest absolute Gasteiger partial charge is 0.374 e. The van der Waals surface area contributed by atoms with Gasteiger partial charge in [0.2, 0.25) is 5.76 Å². The number of rotatable bonds is 3. The molecule has 18 heavy (non-hydrogen) atoms. The van der Waals surface area contributed by atoms with Gasteiger partial charge in [0.15, 0.2) is 11.9 Å². The third-order valence-electron chi connectivity index (χ3n) is 2.71. The molecule has 0 fully saturated rings. The van der Waals surface area contributed by atoms with E-state index in [0.717, 1.165) is 0 Å². The first-order valence-corrected chi connectivity index (χ1v) is 5.33. The predicted molar refractivity (Wildman–Crippen MR) is 62.2 cm³/mol. The van der Waals surface area contributed by atoms with Crippen LogP contribution in [0, 0.1) is 0 Å². The van der Waals surface area contributed by atoms with Crippen LogP contribution in [0.15, 0.2) is 35.6 Å². The number of hydrogen-bond donors (Lipinski definition) is 1. The summed E-state index contributed by atoms with van der Waals surface area (Å²) in [7, 11) is 1.51. The maximum absolute atomic E-state index is 11.5. The van der Waals surface area contributed by atoms with Gasteiger partial charge in [-0.05, 0) is 19.1 Å². The molecule has 0 amide bonds. The Balaban J connectivity index is 2.45. The summed E-state index contributed by atoms with van der Waals surface area (Å²) in [6.45, 7) is 1.28. The fraction of sp³-hybridized carbons (Fsp3) is 0.231. The van der Waals surface area contributed by atoms with Crippen molar-refractivity contribution in [3.63, 3.8) is 0 Å². The highest BCUT2D eigenvalue weighted by molar-refractivity contribution is 6.05. The SMILES string of the molecule is COc1cccc([C@@H]2OC(=O)C(O)=C2C(C)=O)c1. The normalized spacial score (nSPS) is 18.8. The summed E-state index contributed by atoms with van der Waals surface area (Å²) in [5.74, 6) is -1.31. The largest absolute Gasteiger partial charge is 0.501 e. The Kier molecular flexibility index (Phi) is 3.06. The molecule has 1 aromatic carbocycles. The van der Waals surface area contributed by atoms with Gasteiger partial charge < -0.3 is 14.6 Å². The lowest BCUT2D eigenvalue weighted by molar-refractivity contribution is -0.142. The fourth-order valence-corrected chi connectivity index (χ4v) is 1.85. The minimum atomic E-state index is -0.881. The number of carbonyl (C=O) groups excluding carboxylic acids is 2. The van der Waals surface area contributed by atoms with Crippen molar-refractivity contribution < 1.29 is 24.2 Å². The van der Waals surface area contributed by atoms with Gasteiger partial charge in [-0.1, -0.05) is 12.1 Å². The van der Waals surface area contributed by atoms with Crippen LogP contribution in [-0.2, 0) is 14.3 Å². The molecule has 0 bridgehead atoms. The van der Waals surface area contributed by atoms with Gasteiger partial charge >= 0.3 is 5.97 Å². The van der Waals surface area contributed by atoms with Crippen LogP contribution in [-0.4, -0.2) is 24.0 Å². The second-order valence-electron chi connectivity index (χ2n) is 3.88. The molecule has 0 radical (unpaired) electrons. The standard InChI is InChI=1S/C13H12O5/c1-7(14)10-11(15)13(16)18-12(10)8-4-3-5-9(6-8)17-2/h3-6,12,15H,1-2H3/t12-/m0/s1. The topological polar surface area (TPSA) is 72.8 Å². The van der Waals surface area contributed by atoms with Crippen LogP contribution in [0.3, 0.4) is 0 Å². The number of carbonyl (C=O) groups is 2. The number of methoxy groups -OCH3 is 1. The van der Waals surface area contributed by atoms with Crippen molar-refractivity contribution in [2.24, 2.45) is 0 Å². The molecule has 1 aromatic rings. The number of aliphatic hydroxyl groups is 1. The third kappa shape index (κ3) is 1.95. The van der Waals surface area contributed by atoms with Crippen molar-refractivity contribution in [3.8, 4) is 5.75 Å². The van der Waals surface area contributed by atoms with E-state index in [0.29, 0.717) is 11.3 Å². The lowest BCUT2D eigenvalue weighted by Gasteiger charge is -2.13. The maximum Gasteiger partial charge on any atom is 0.374 e. The molecule has 1 N–H and O–H groups in total. The number of hydrogen-bond acceptors (Lipinski definition) is 5. The van der Waals surface area contributed by atoms with Crippen LogP contribution in [0.1, 0.15) is 18.6 Å². The van der Waals surface area contributed by atoms with Gasteiger partial charge in [-0.2, -0.15) is 0 Å². The van der Waals surface area contributed by atoms with Gasteiger partial charge in [-0.25, -0.2) is 4.79 Å². The summed E-state index contributed by atoms with van der Waals surface area (Å²) in [6, 6.07) is 6.80. The molecule has 5 nitrogen and oxygen atoms in total. The lowest BCUT2D eigenvalue weighted by Crippen LogP contribution is -2.08. The van der Waals surface area contributed by atoms with E-state index in [2.05, 4.69) is 0 Å². The highest BCUT2D eigenvalue weighted by Crippen LogP contribution is 2.35. The second kappa shape index (κ2) is 4.52. The second-order valence-corrected chi connectivity index (χ2v) is 3.88. The zero-order chi connectivity index (χ0) is 13.3. The Bertz CT molecular complexity index is 544. The van der Waals surface area contributed by atoms with Crippen molar-refractivity contribution in [3.05, 3.63) is 41.2 Å². The number of cyclic esters (lactones) is 1. The summed E-state index contributed by atoms with van der Waals surface area (Å²) >= 11 is 0. The lowest BCUT2D eigenvalue weighted by atomic mass is 9.99. The summed E-state index contributed by atoms with van der Waals surface area (Å²) in [5.41, 5.74) is 0.560. The minimum Gasteiger partial charge on any atom is -0.501 e. The Morgan fingerprint density at radius 2 is 2.17 bits per heavy atom. The third-order valence-corrected chi connectivity index (χ3v) is 2.71. The zero-order valence-electron chi connectivity index (χ0n) is 9.97. The van der Waals surface area contributed by atoms with Gasteiger partial charge in [-0.15, -0.1) is 0 Å². The van der Waals surface area contributed by atoms with E-state index < -0.39 is 23.6 Å². The van der Waals surface area contributed by atoms with E-state index in [9.17, 15) is 14.7 Å². The van der Waals surface area contributed by atoms with E-state index in [-0.39, 0.29) is 5.57 Å². The minimum absolute atomic E-state index is 0.0201. The predicted octanol–water partition coefficient (Wildman–Crippen LogP) is 1.69. The quantitative estimate of drug-likeness (QED) is 0.824. The Hall–Kier alpha value is -2.30. The van der Waals surface area contributed by atoms with Crippen molar-refractivity contribution >= 4 is 11.8 Å². The summed E-state index contributed by atoms with van der Waals surface area (Å²) in [6.07, 6.45) is -0.870. The molecule has 1 aliphatic heterocycles. The maximum atomic E-state index is 11.5. The molecule has 0 unspecified atom stereocenters. The molecule has 0 aliphatic carbocycles. The fourth-order valence-electron chi connectivity index (χ4n) is 1.85. The Labute approximate surface area is 104 Å². The Morgan fingerprint density at radius 3 is 2.78 bits per heavy atom. The summed E-state index contributed by atoms with van der Waals surface area (Å²) in [5, 5.41) is 9.54. The molecule has 0 saturated heterocycles. The number of Topliss-reactive ketones (excluding diaryl/α,β-unsaturated/α-hetero) is 1. The molecular weight excluding hydrogens is 236 g/mol. The molecule has 5 heteroatoms. The number of aliphatic hydroxyl groups excluding tert-OH is 1. The van der Waals surface area contributed by atoms with Crippen molar-refractivity contribution in [1.29, 1.82) is 0 Å². The molecule has 1 aliphatic rings. The van der Waals surface area contributed by atoms with Gasteiger partial charge in [0, 0.05) is 5.56 Å². The average molecular weight is 248 g/mol. The molecule has 1 heterocycles. The van der Waals surface area contributed by atoms with Gasteiger partial charge in [0.1, 0.15) is 5.75 Å². The number of ketones is 1. The first-order valence-electron chi connectivity index (χ1n) is 5.33. The number of benzene rings is 1. The molecule has 2 rings (SSSR count). The molecule has 1 atom stereocenters. The molecular formula is C13H12O5. The van der Waals surface area contributed by atoms with Crippen LogP contribution in [0.4, 0.5) is 0 Å². The van der Waals surface area contributed by atoms with E-state index >= 15 is 0 Å². The van der Waals surface area contributed by atoms with E-state index in [1.807, 2.05) is 0 Å². The van der Waals surface area contributed by atoms with E-state index in [4.69, 9.17) is 9.47 Å². The highest BCUT2D eigenvalue weighted by atomic mass is 16.6. The van der Waals surface area contributed by atoms with Crippen LogP contribution < -0.4 is 4.74 Å². The molecule has 0 spiro atoms. The van der Waals surface area contributed by atoms with E-state index in [1.165, 1.54) is 14.0 Å². The van der Waals surface area contributed by atoms with Gasteiger partial charge in [0.05, 0.1) is 12.7 Å². The summed E-state index contributed by atoms with van der Waals surface area (Å²) < 4.78 is 10.1. The first-order chi connectivity index (χ1) is 8.54.